The summed E-state index contributed by atoms with van der Waals surface area (Å²) in [4.78, 5) is 12.0. The molecule has 140 valence electrons. The number of hydrogen-bond donors (Lipinski definition) is 1. The standard InChI is InChI=1S/C22H21Cl2NO2/c1-27-22(26)13-7-8-17-15(10-13)18-11-5-6-12(9-11)19(18)21(25-17)14-3-2-4-16(23)20(14)24/h2-4,7-8,10-12,18-19,21,25H,5-6,9H2,1H3/t11-,12-,18-,19+,21-/m0/s1. The summed E-state index contributed by atoms with van der Waals surface area (Å²) in [5.41, 5.74) is 4.05. The van der Waals surface area contributed by atoms with E-state index in [2.05, 4.69) is 11.4 Å². The maximum absolute atomic E-state index is 12.0. The smallest absolute Gasteiger partial charge is 0.337 e. The topological polar surface area (TPSA) is 38.3 Å². The molecule has 2 bridgehead atoms. The molecule has 5 atom stereocenters. The van der Waals surface area contributed by atoms with E-state index in [9.17, 15) is 4.79 Å². The van der Waals surface area contributed by atoms with Gasteiger partial charge in [0.15, 0.2) is 0 Å². The number of anilines is 1. The van der Waals surface area contributed by atoms with Gasteiger partial charge in [0, 0.05) is 5.69 Å². The number of hydrogen-bond acceptors (Lipinski definition) is 3. The maximum atomic E-state index is 12.0. The van der Waals surface area contributed by atoms with Crippen LogP contribution in [0.5, 0.6) is 0 Å². The van der Waals surface area contributed by atoms with Crippen LogP contribution in [0.4, 0.5) is 5.69 Å². The average Bonchev–Trinajstić information content (AvgIpc) is 3.31. The SMILES string of the molecule is COC(=O)c1ccc2c(c1)[C@@H]1[C@H]3CC[C@@H](C3)[C@H]1[C@H](c1cccc(Cl)c1Cl)N2. The molecule has 0 amide bonds. The van der Waals surface area contributed by atoms with Gasteiger partial charge in [0.25, 0.3) is 0 Å². The highest BCUT2D eigenvalue weighted by Crippen LogP contribution is 2.64. The highest BCUT2D eigenvalue weighted by Gasteiger charge is 2.54. The molecule has 0 aromatic heterocycles. The Bertz CT molecular complexity index is 929. The van der Waals surface area contributed by atoms with Crippen molar-refractivity contribution in [3.05, 3.63) is 63.1 Å². The van der Waals surface area contributed by atoms with Gasteiger partial charge in [-0.1, -0.05) is 35.3 Å². The fourth-order valence-electron chi connectivity index (χ4n) is 5.80. The summed E-state index contributed by atoms with van der Waals surface area (Å²) in [6, 6.07) is 11.9. The van der Waals surface area contributed by atoms with Crippen LogP contribution in [0, 0.1) is 17.8 Å². The van der Waals surface area contributed by atoms with Crippen molar-refractivity contribution >= 4 is 34.9 Å². The first-order chi connectivity index (χ1) is 13.1. The van der Waals surface area contributed by atoms with Crippen molar-refractivity contribution in [1.29, 1.82) is 0 Å². The molecular formula is C22H21Cl2NO2. The van der Waals surface area contributed by atoms with Crippen molar-refractivity contribution in [2.45, 2.75) is 31.2 Å². The number of fused-ring (bicyclic) bond motifs is 7. The van der Waals surface area contributed by atoms with E-state index in [1.807, 2.05) is 30.3 Å². The molecule has 0 unspecified atom stereocenters. The quantitative estimate of drug-likeness (QED) is 0.619. The minimum absolute atomic E-state index is 0.146. The van der Waals surface area contributed by atoms with Gasteiger partial charge in [-0.25, -0.2) is 4.79 Å². The first-order valence-corrected chi connectivity index (χ1v) is 10.3. The first kappa shape index (κ1) is 17.4. The third-order valence-electron chi connectivity index (χ3n) is 6.82. The Kier molecular flexibility index (Phi) is 4.14. The summed E-state index contributed by atoms with van der Waals surface area (Å²) in [7, 11) is 1.43. The fourth-order valence-corrected chi connectivity index (χ4v) is 6.23. The van der Waals surface area contributed by atoms with Crippen LogP contribution in [0.1, 0.15) is 52.7 Å². The van der Waals surface area contributed by atoms with Crippen LogP contribution in [-0.2, 0) is 4.74 Å². The molecule has 3 aliphatic rings. The molecule has 1 aliphatic heterocycles. The van der Waals surface area contributed by atoms with Crippen molar-refractivity contribution in [2.75, 3.05) is 12.4 Å². The lowest BCUT2D eigenvalue weighted by Crippen LogP contribution is -2.35. The number of carbonyl (C=O) groups is 1. The van der Waals surface area contributed by atoms with Crippen LogP contribution in [0.25, 0.3) is 0 Å². The van der Waals surface area contributed by atoms with E-state index >= 15 is 0 Å². The Hall–Kier alpha value is -1.71. The van der Waals surface area contributed by atoms with Crippen molar-refractivity contribution < 1.29 is 9.53 Å². The number of ether oxygens (including phenoxy) is 1. The fraction of sp³-hybridized carbons (Fsp3) is 0.409. The molecular weight excluding hydrogens is 381 g/mol. The van der Waals surface area contributed by atoms with Gasteiger partial charge < -0.3 is 10.1 Å². The van der Waals surface area contributed by atoms with E-state index in [-0.39, 0.29) is 12.0 Å². The lowest BCUT2D eigenvalue weighted by molar-refractivity contribution is 0.0600. The predicted molar refractivity (Wildman–Crippen MR) is 108 cm³/mol. The van der Waals surface area contributed by atoms with E-state index in [0.29, 0.717) is 39.3 Å². The number of esters is 1. The zero-order valence-electron chi connectivity index (χ0n) is 15.0. The molecule has 3 nitrogen and oxygen atoms in total. The lowest BCUT2D eigenvalue weighted by atomic mass is 9.68. The Morgan fingerprint density at radius 3 is 2.74 bits per heavy atom. The lowest BCUT2D eigenvalue weighted by Gasteiger charge is -2.44. The highest BCUT2D eigenvalue weighted by molar-refractivity contribution is 6.42. The van der Waals surface area contributed by atoms with Gasteiger partial charge in [0.2, 0.25) is 0 Å². The second kappa shape index (κ2) is 6.42. The Morgan fingerprint density at radius 1 is 1.11 bits per heavy atom. The van der Waals surface area contributed by atoms with E-state index in [1.165, 1.54) is 31.9 Å². The number of carbonyl (C=O) groups excluding carboxylic acids is 1. The summed E-state index contributed by atoms with van der Waals surface area (Å²) >= 11 is 12.9. The van der Waals surface area contributed by atoms with Crippen LogP contribution < -0.4 is 5.32 Å². The molecule has 0 spiro atoms. The van der Waals surface area contributed by atoms with Crippen LogP contribution in [0.3, 0.4) is 0 Å². The average molecular weight is 402 g/mol. The molecule has 1 N–H and O–H groups in total. The molecule has 2 aromatic carbocycles. The van der Waals surface area contributed by atoms with Crippen molar-refractivity contribution in [3.8, 4) is 0 Å². The Morgan fingerprint density at radius 2 is 1.93 bits per heavy atom. The van der Waals surface area contributed by atoms with E-state index in [0.717, 1.165) is 11.3 Å². The molecule has 2 aromatic rings. The predicted octanol–water partition coefficient (Wildman–Crippen LogP) is 6.08. The van der Waals surface area contributed by atoms with Gasteiger partial charge >= 0.3 is 5.97 Å². The van der Waals surface area contributed by atoms with Crippen LogP contribution >= 0.6 is 23.2 Å². The number of halogens is 2. The summed E-state index contributed by atoms with van der Waals surface area (Å²) in [5, 5.41) is 4.97. The van der Waals surface area contributed by atoms with Gasteiger partial charge in [-0.15, -0.1) is 0 Å². The monoisotopic (exact) mass is 401 g/mol. The second-order valence-electron chi connectivity index (χ2n) is 8.00. The molecule has 0 saturated heterocycles. The molecule has 2 saturated carbocycles. The molecule has 2 aliphatic carbocycles. The van der Waals surface area contributed by atoms with Crippen molar-refractivity contribution in [1.82, 2.24) is 0 Å². The zero-order chi connectivity index (χ0) is 18.7. The van der Waals surface area contributed by atoms with Crippen LogP contribution in [0.2, 0.25) is 10.0 Å². The summed E-state index contributed by atoms with van der Waals surface area (Å²) < 4.78 is 4.93. The second-order valence-corrected chi connectivity index (χ2v) is 8.78. The largest absolute Gasteiger partial charge is 0.465 e. The van der Waals surface area contributed by atoms with E-state index in [1.54, 1.807) is 0 Å². The van der Waals surface area contributed by atoms with Crippen molar-refractivity contribution in [2.24, 2.45) is 17.8 Å². The third kappa shape index (κ3) is 2.59. The minimum atomic E-state index is -0.280. The Balaban J connectivity index is 1.63. The van der Waals surface area contributed by atoms with Crippen LogP contribution in [0.15, 0.2) is 36.4 Å². The zero-order valence-corrected chi connectivity index (χ0v) is 16.6. The number of benzene rings is 2. The van der Waals surface area contributed by atoms with E-state index in [4.69, 9.17) is 27.9 Å². The minimum Gasteiger partial charge on any atom is -0.465 e. The Labute approximate surface area is 169 Å². The van der Waals surface area contributed by atoms with Gasteiger partial charge in [-0.3, -0.25) is 0 Å². The maximum Gasteiger partial charge on any atom is 0.337 e. The van der Waals surface area contributed by atoms with Crippen molar-refractivity contribution in [3.63, 3.8) is 0 Å². The summed E-state index contributed by atoms with van der Waals surface area (Å²) in [6.07, 6.45) is 3.80. The molecule has 27 heavy (non-hydrogen) atoms. The number of nitrogens with one attached hydrogen (secondary N) is 1. The molecule has 2 fully saturated rings. The molecule has 5 rings (SSSR count). The first-order valence-electron chi connectivity index (χ1n) is 9.51. The molecule has 5 heteroatoms. The van der Waals surface area contributed by atoms with Gasteiger partial charge in [-0.05, 0) is 78.3 Å². The normalized spacial score (nSPS) is 30.4. The highest BCUT2D eigenvalue weighted by atomic mass is 35.5. The van der Waals surface area contributed by atoms with Gasteiger partial charge in [0.1, 0.15) is 0 Å². The third-order valence-corrected chi connectivity index (χ3v) is 7.66. The van der Waals surface area contributed by atoms with E-state index < -0.39 is 0 Å². The number of methoxy groups -OCH3 is 1. The number of rotatable bonds is 2. The van der Waals surface area contributed by atoms with Gasteiger partial charge in [0.05, 0.1) is 28.8 Å². The van der Waals surface area contributed by atoms with Gasteiger partial charge in [-0.2, -0.15) is 0 Å². The molecule has 1 heterocycles. The summed E-state index contributed by atoms with van der Waals surface area (Å²) in [6.45, 7) is 0. The van der Waals surface area contributed by atoms with Crippen LogP contribution in [-0.4, -0.2) is 13.1 Å². The molecule has 0 radical (unpaired) electrons. The summed E-state index contributed by atoms with van der Waals surface area (Å²) in [5.74, 6) is 2.00.